The van der Waals surface area contributed by atoms with Crippen molar-refractivity contribution in [2.75, 3.05) is 18.6 Å². The first-order chi connectivity index (χ1) is 8.49. The molecule has 1 aromatic carbocycles. The Morgan fingerprint density at radius 3 is 2.56 bits per heavy atom. The van der Waals surface area contributed by atoms with Gasteiger partial charge in [-0.2, -0.15) is 0 Å². The molecule has 1 atom stereocenters. The van der Waals surface area contributed by atoms with Crippen molar-refractivity contribution < 1.29 is 14.3 Å². The van der Waals surface area contributed by atoms with Crippen LogP contribution < -0.4 is 4.90 Å². The van der Waals surface area contributed by atoms with Crippen LogP contribution in [0, 0.1) is 9.49 Å². The molecule has 18 heavy (non-hydrogen) atoms. The Balaban J connectivity index is 2.85. The molecule has 5 heteroatoms. The molecule has 1 unspecified atom stereocenters. The standard InChI is InChI=1S/C13H16INO3/c1-4-18-13(17)9(2)12(16)15(3)11-8-6-5-7-10(11)14/h5-9H,4H2,1-3H3. The van der Waals surface area contributed by atoms with E-state index in [0.29, 0.717) is 0 Å². The molecular formula is C13H16INO3. The van der Waals surface area contributed by atoms with Gasteiger partial charge in [0.2, 0.25) is 5.91 Å². The number of anilines is 1. The van der Waals surface area contributed by atoms with Crippen LogP contribution in [0.4, 0.5) is 5.69 Å². The van der Waals surface area contributed by atoms with Crippen LogP contribution >= 0.6 is 22.6 Å². The number of hydrogen-bond acceptors (Lipinski definition) is 3. The highest BCUT2D eigenvalue weighted by Gasteiger charge is 2.27. The maximum atomic E-state index is 12.1. The van der Waals surface area contributed by atoms with Crippen LogP contribution in [-0.4, -0.2) is 25.5 Å². The third kappa shape index (κ3) is 3.44. The van der Waals surface area contributed by atoms with Gasteiger partial charge in [-0.1, -0.05) is 12.1 Å². The van der Waals surface area contributed by atoms with E-state index in [0.717, 1.165) is 9.26 Å². The number of rotatable bonds is 4. The zero-order chi connectivity index (χ0) is 13.7. The van der Waals surface area contributed by atoms with Crippen molar-refractivity contribution in [1.82, 2.24) is 0 Å². The molecule has 0 aliphatic rings. The molecule has 0 aliphatic heterocycles. The van der Waals surface area contributed by atoms with E-state index in [1.54, 1.807) is 20.9 Å². The summed E-state index contributed by atoms with van der Waals surface area (Å²) in [5.41, 5.74) is 0.791. The van der Waals surface area contributed by atoms with Gasteiger partial charge in [-0.25, -0.2) is 0 Å². The average Bonchev–Trinajstić information content (AvgIpc) is 2.37. The number of nitrogens with zero attached hydrogens (tertiary/aromatic N) is 1. The van der Waals surface area contributed by atoms with E-state index in [9.17, 15) is 9.59 Å². The third-order valence-electron chi connectivity index (χ3n) is 2.55. The number of esters is 1. The number of para-hydroxylation sites is 1. The van der Waals surface area contributed by atoms with Crippen LogP contribution in [0.1, 0.15) is 13.8 Å². The second kappa shape index (κ2) is 6.72. The topological polar surface area (TPSA) is 46.6 Å². The first kappa shape index (κ1) is 14.9. The number of ether oxygens (including phenoxy) is 1. The van der Waals surface area contributed by atoms with Crippen molar-refractivity contribution in [3.63, 3.8) is 0 Å². The summed E-state index contributed by atoms with van der Waals surface area (Å²) in [6.07, 6.45) is 0. The molecule has 0 radical (unpaired) electrons. The molecule has 0 saturated heterocycles. The molecule has 0 saturated carbocycles. The van der Waals surface area contributed by atoms with Crippen LogP contribution in [0.15, 0.2) is 24.3 Å². The summed E-state index contributed by atoms with van der Waals surface area (Å²) in [5, 5.41) is 0. The lowest BCUT2D eigenvalue weighted by molar-refractivity contribution is -0.150. The minimum absolute atomic E-state index is 0.266. The summed E-state index contributed by atoms with van der Waals surface area (Å²) in [6, 6.07) is 7.51. The van der Waals surface area contributed by atoms with E-state index in [1.165, 1.54) is 4.90 Å². The molecule has 1 amide bonds. The Labute approximate surface area is 120 Å². The molecule has 4 nitrogen and oxygen atoms in total. The zero-order valence-corrected chi connectivity index (χ0v) is 12.8. The number of carbonyl (C=O) groups is 2. The highest BCUT2D eigenvalue weighted by atomic mass is 127. The first-order valence-electron chi connectivity index (χ1n) is 5.67. The van der Waals surface area contributed by atoms with Crippen LogP contribution in [0.25, 0.3) is 0 Å². The summed E-state index contributed by atoms with van der Waals surface area (Å²) in [7, 11) is 1.66. The molecule has 0 aromatic heterocycles. The van der Waals surface area contributed by atoms with E-state index < -0.39 is 11.9 Å². The van der Waals surface area contributed by atoms with Gasteiger partial charge in [-0.3, -0.25) is 9.59 Å². The minimum atomic E-state index is -0.786. The average molecular weight is 361 g/mol. The van der Waals surface area contributed by atoms with Gasteiger partial charge >= 0.3 is 5.97 Å². The minimum Gasteiger partial charge on any atom is -0.465 e. The van der Waals surface area contributed by atoms with E-state index in [1.807, 2.05) is 24.3 Å². The molecule has 0 bridgehead atoms. The Kier molecular flexibility index (Phi) is 5.58. The summed E-state index contributed by atoms with van der Waals surface area (Å²) in [4.78, 5) is 25.2. The van der Waals surface area contributed by atoms with Gasteiger partial charge in [0.15, 0.2) is 0 Å². The van der Waals surface area contributed by atoms with E-state index in [2.05, 4.69) is 22.6 Å². The fourth-order valence-corrected chi connectivity index (χ4v) is 2.25. The number of amides is 1. The quantitative estimate of drug-likeness (QED) is 0.470. The lowest BCUT2D eigenvalue weighted by Crippen LogP contribution is -2.36. The van der Waals surface area contributed by atoms with Crippen LogP contribution in [0.5, 0.6) is 0 Å². The predicted octanol–water partition coefficient (Wildman–Crippen LogP) is 2.45. The number of hydrogen-bond donors (Lipinski definition) is 0. The molecule has 0 fully saturated rings. The van der Waals surface area contributed by atoms with Crippen LogP contribution in [0.3, 0.4) is 0 Å². The number of benzene rings is 1. The summed E-state index contributed by atoms with van der Waals surface area (Å²) >= 11 is 2.16. The zero-order valence-electron chi connectivity index (χ0n) is 10.6. The summed E-state index contributed by atoms with van der Waals surface area (Å²) in [5.74, 6) is -1.54. The Morgan fingerprint density at radius 1 is 1.39 bits per heavy atom. The van der Waals surface area contributed by atoms with Gasteiger partial charge < -0.3 is 9.64 Å². The Bertz CT molecular complexity index is 448. The van der Waals surface area contributed by atoms with Gasteiger partial charge in [0.25, 0.3) is 0 Å². The molecule has 1 aromatic rings. The molecule has 0 spiro atoms. The molecule has 0 N–H and O–H groups in total. The van der Waals surface area contributed by atoms with Gasteiger partial charge in [-0.15, -0.1) is 0 Å². The van der Waals surface area contributed by atoms with Crippen molar-refractivity contribution in [2.45, 2.75) is 13.8 Å². The highest BCUT2D eigenvalue weighted by Crippen LogP contribution is 2.22. The second-order valence-corrected chi connectivity index (χ2v) is 4.98. The van der Waals surface area contributed by atoms with Crippen LogP contribution in [-0.2, 0) is 14.3 Å². The Hall–Kier alpha value is -1.11. The number of carbonyl (C=O) groups excluding carboxylic acids is 2. The molecule has 0 aliphatic carbocycles. The first-order valence-corrected chi connectivity index (χ1v) is 6.75. The highest BCUT2D eigenvalue weighted by molar-refractivity contribution is 14.1. The largest absolute Gasteiger partial charge is 0.465 e. The maximum Gasteiger partial charge on any atom is 0.318 e. The normalized spacial score (nSPS) is 11.8. The van der Waals surface area contributed by atoms with Crippen molar-refractivity contribution in [3.05, 3.63) is 27.8 Å². The fraction of sp³-hybridized carbons (Fsp3) is 0.385. The molecule has 98 valence electrons. The maximum absolute atomic E-state index is 12.1. The number of halogens is 1. The summed E-state index contributed by atoms with van der Waals surface area (Å²) < 4.78 is 5.81. The van der Waals surface area contributed by atoms with Gasteiger partial charge in [0.1, 0.15) is 5.92 Å². The fourth-order valence-electron chi connectivity index (χ4n) is 1.50. The molecule has 0 heterocycles. The van der Waals surface area contributed by atoms with Crippen molar-refractivity contribution in [3.8, 4) is 0 Å². The van der Waals surface area contributed by atoms with Crippen LogP contribution in [0.2, 0.25) is 0 Å². The van der Waals surface area contributed by atoms with E-state index in [4.69, 9.17) is 4.74 Å². The SMILES string of the molecule is CCOC(=O)C(C)C(=O)N(C)c1ccccc1I. The smallest absolute Gasteiger partial charge is 0.318 e. The Morgan fingerprint density at radius 2 is 2.00 bits per heavy atom. The van der Waals surface area contributed by atoms with Gasteiger partial charge in [0.05, 0.1) is 12.3 Å². The van der Waals surface area contributed by atoms with Crippen molar-refractivity contribution in [2.24, 2.45) is 5.92 Å². The monoisotopic (exact) mass is 361 g/mol. The predicted molar refractivity (Wildman–Crippen MR) is 78.4 cm³/mol. The lowest BCUT2D eigenvalue weighted by atomic mass is 10.1. The third-order valence-corrected chi connectivity index (χ3v) is 3.47. The van der Waals surface area contributed by atoms with Crippen molar-refractivity contribution >= 4 is 40.2 Å². The van der Waals surface area contributed by atoms with E-state index in [-0.39, 0.29) is 12.5 Å². The van der Waals surface area contributed by atoms with E-state index >= 15 is 0 Å². The van der Waals surface area contributed by atoms with Gasteiger partial charge in [-0.05, 0) is 48.6 Å². The van der Waals surface area contributed by atoms with Crippen molar-refractivity contribution in [1.29, 1.82) is 0 Å². The second-order valence-electron chi connectivity index (χ2n) is 3.82. The molecular weight excluding hydrogens is 345 g/mol. The summed E-state index contributed by atoms with van der Waals surface area (Å²) in [6.45, 7) is 3.56. The lowest BCUT2D eigenvalue weighted by Gasteiger charge is -2.21. The van der Waals surface area contributed by atoms with Gasteiger partial charge in [0, 0.05) is 10.6 Å². The molecule has 1 rings (SSSR count).